The van der Waals surface area contributed by atoms with Gasteiger partial charge in [-0.05, 0) is 31.0 Å². The summed E-state index contributed by atoms with van der Waals surface area (Å²) >= 11 is 6.08. The summed E-state index contributed by atoms with van der Waals surface area (Å²) in [5.74, 6) is 0. The largest absolute Gasteiger partial charge is 0.295 e. The summed E-state index contributed by atoms with van der Waals surface area (Å²) in [6, 6.07) is 18.5. The highest BCUT2D eigenvalue weighted by Gasteiger charge is 2.16. The maximum Gasteiger partial charge on any atom is 0.0968 e. The Morgan fingerprint density at radius 3 is 2.48 bits per heavy atom. The predicted molar refractivity (Wildman–Crippen MR) is 112 cm³/mol. The zero-order valence-electron chi connectivity index (χ0n) is 15.6. The van der Waals surface area contributed by atoms with Gasteiger partial charge in [-0.3, -0.25) is 9.58 Å². The van der Waals surface area contributed by atoms with Crippen LogP contribution in [-0.4, -0.2) is 27.8 Å². The zero-order valence-corrected chi connectivity index (χ0v) is 16.4. The molecule has 0 radical (unpaired) electrons. The fraction of sp³-hybridized carbons (Fsp3) is 0.261. The Morgan fingerprint density at radius 2 is 1.78 bits per heavy atom. The van der Waals surface area contributed by atoms with E-state index in [1.807, 2.05) is 18.2 Å². The van der Waals surface area contributed by atoms with Crippen molar-refractivity contribution >= 4 is 11.6 Å². The fourth-order valence-electron chi connectivity index (χ4n) is 3.48. The topological polar surface area (TPSA) is 21.1 Å². The molecule has 0 aliphatic carbocycles. The van der Waals surface area contributed by atoms with Gasteiger partial charge in [-0.25, -0.2) is 0 Å². The van der Waals surface area contributed by atoms with Crippen molar-refractivity contribution in [2.75, 3.05) is 13.1 Å². The summed E-state index contributed by atoms with van der Waals surface area (Å²) in [5, 5.41) is 5.67. The average molecular weight is 378 g/mol. The first-order valence-corrected chi connectivity index (χ1v) is 9.79. The molecule has 0 atom stereocenters. The normalized spacial score (nSPS) is 15.0. The molecule has 0 saturated carbocycles. The monoisotopic (exact) mass is 377 g/mol. The Morgan fingerprint density at radius 1 is 1.00 bits per heavy atom. The van der Waals surface area contributed by atoms with E-state index >= 15 is 0 Å². The van der Waals surface area contributed by atoms with Crippen LogP contribution in [0.15, 0.2) is 72.4 Å². The van der Waals surface area contributed by atoms with Crippen molar-refractivity contribution in [3.05, 3.63) is 88.6 Å². The quantitative estimate of drug-likeness (QED) is 0.555. The van der Waals surface area contributed by atoms with Gasteiger partial charge < -0.3 is 0 Å². The molecule has 1 aliphatic rings. The first-order valence-electron chi connectivity index (χ1n) is 9.41. The van der Waals surface area contributed by atoms with Gasteiger partial charge in [-0.2, -0.15) is 5.10 Å². The Labute approximate surface area is 165 Å². The van der Waals surface area contributed by atoms with Crippen molar-refractivity contribution in [3.8, 4) is 11.3 Å². The summed E-state index contributed by atoms with van der Waals surface area (Å²) in [6.07, 6.45) is 5.68. The van der Waals surface area contributed by atoms with Gasteiger partial charge in [0.25, 0.3) is 0 Å². The van der Waals surface area contributed by atoms with E-state index in [2.05, 4.69) is 65.2 Å². The van der Waals surface area contributed by atoms with E-state index in [9.17, 15) is 0 Å². The first-order chi connectivity index (χ1) is 13.2. The van der Waals surface area contributed by atoms with Gasteiger partial charge in [0.1, 0.15) is 0 Å². The van der Waals surface area contributed by atoms with Crippen LogP contribution in [0.25, 0.3) is 11.3 Å². The van der Waals surface area contributed by atoms with Crippen LogP contribution in [0, 0.1) is 0 Å². The summed E-state index contributed by atoms with van der Waals surface area (Å²) in [5.41, 5.74) is 6.18. The summed E-state index contributed by atoms with van der Waals surface area (Å²) < 4.78 is 2.06. The van der Waals surface area contributed by atoms with Crippen molar-refractivity contribution in [2.45, 2.75) is 26.4 Å². The molecule has 0 saturated heterocycles. The van der Waals surface area contributed by atoms with Gasteiger partial charge in [0.15, 0.2) is 0 Å². The minimum Gasteiger partial charge on any atom is -0.295 e. The Hall–Kier alpha value is -2.36. The fourth-order valence-corrected chi connectivity index (χ4v) is 3.60. The van der Waals surface area contributed by atoms with Gasteiger partial charge >= 0.3 is 0 Å². The van der Waals surface area contributed by atoms with Gasteiger partial charge in [0.2, 0.25) is 0 Å². The lowest BCUT2D eigenvalue weighted by molar-refractivity contribution is 0.286. The molecular weight excluding hydrogens is 354 g/mol. The lowest BCUT2D eigenvalue weighted by Crippen LogP contribution is -2.27. The van der Waals surface area contributed by atoms with E-state index in [1.165, 1.54) is 16.7 Å². The highest BCUT2D eigenvalue weighted by molar-refractivity contribution is 6.30. The molecule has 0 bridgehead atoms. The van der Waals surface area contributed by atoms with Crippen molar-refractivity contribution in [3.63, 3.8) is 0 Å². The maximum absolute atomic E-state index is 6.08. The van der Waals surface area contributed by atoms with Crippen LogP contribution >= 0.6 is 11.6 Å². The van der Waals surface area contributed by atoms with Gasteiger partial charge in [0, 0.05) is 42.0 Å². The molecule has 2 aromatic carbocycles. The Balaban J connectivity index is 1.63. The van der Waals surface area contributed by atoms with Crippen LogP contribution in [0.1, 0.15) is 24.5 Å². The zero-order chi connectivity index (χ0) is 18.6. The Kier molecular flexibility index (Phi) is 5.42. The van der Waals surface area contributed by atoms with Gasteiger partial charge in [0.05, 0.1) is 12.2 Å². The average Bonchev–Trinajstić information content (AvgIpc) is 3.07. The number of aromatic nitrogens is 2. The molecule has 0 fully saturated rings. The second-order valence-electron chi connectivity index (χ2n) is 7.23. The highest BCUT2D eigenvalue weighted by atomic mass is 35.5. The number of hydrogen-bond acceptors (Lipinski definition) is 2. The van der Waals surface area contributed by atoms with Gasteiger partial charge in [-0.1, -0.05) is 65.7 Å². The summed E-state index contributed by atoms with van der Waals surface area (Å²) in [7, 11) is 0. The minimum absolute atomic E-state index is 0.751. The smallest absolute Gasteiger partial charge is 0.0968 e. The summed E-state index contributed by atoms with van der Waals surface area (Å²) in [4.78, 5) is 2.48. The second kappa shape index (κ2) is 8.12. The third-order valence-electron chi connectivity index (χ3n) is 5.06. The molecule has 2 heterocycles. The number of nitrogens with zero attached hydrogens (tertiary/aromatic N) is 3. The van der Waals surface area contributed by atoms with E-state index in [-0.39, 0.29) is 0 Å². The molecule has 0 spiro atoms. The maximum atomic E-state index is 6.08. The number of halogens is 1. The highest BCUT2D eigenvalue weighted by Crippen LogP contribution is 2.26. The molecule has 4 rings (SSSR count). The van der Waals surface area contributed by atoms with Crippen LogP contribution in [-0.2, 0) is 13.1 Å². The van der Waals surface area contributed by atoms with Crippen LogP contribution in [0.2, 0.25) is 5.02 Å². The predicted octanol–water partition coefficient (Wildman–Crippen LogP) is 5.40. The molecule has 1 aliphatic heterocycles. The molecule has 4 heteroatoms. The summed E-state index contributed by atoms with van der Waals surface area (Å²) in [6.45, 7) is 6.02. The first kappa shape index (κ1) is 18.0. The molecular formula is C23H24ClN3. The van der Waals surface area contributed by atoms with E-state index in [1.54, 1.807) is 0 Å². The lowest BCUT2D eigenvalue weighted by Gasteiger charge is -2.25. The van der Waals surface area contributed by atoms with E-state index in [4.69, 9.17) is 16.7 Å². The van der Waals surface area contributed by atoms with Gasteiger partial charge in [-0.15, -0.1) is 0 Å². The van der Waals surface area contributed by atoms with E-state index < -0.39 is 0 Å². The molecule has 27 heavy (non-hydrogen) atoms. The van der Waals surface area contributed by atoms with Crippen LogP contribution in [0.3, 0.4) is 0 Å². The van der Waals surface area contributed by atoms with Crippen molar-refractivity contribution in [2.24, 2.45) is 0 Å². The molecule has 3 nitrogen and oxygen atoms in total. The van der Waals surface area contributed by atoms with E-state index in [0.717, 1.165) is 48.9 Å². The third kappa shape index (κ3) is 4.49. The van der Waals surface area contributed by atoms with Crippen LogP contribution in [0.4, 0.5) is 0 Å². The van der Waals surface area contributed by atoms with Crippen molar-refractivity contribution in [1.82, 2.24) is 14.7 Å². The molecule has 0 amide bonds. The van der Waals surface area contributed by atoms with Crippen molar-refractivity contribution in [1.29, 1.82) is 0 Å². The van der Waals surface area contributed by atoms with Crippen LogP contribution < -0.4 is 0 Å². The SMILES string of the molecule is CC1=CCN(Cc2cn(Cc3ccccc3)nc2-c2ccc(Cl)cc2)CC1. The van der Waals surface area contributed by atoms with Crippen LogP contribution in [0.5, 0.6) is 0 Å². The minimum atomic E-state index is 0.751. The second-order valence-corrected chi connectivity index (χ2v) is 7.67. The molecule has 0 N–H and O–H groups in total. The molecule has 138 valence electrons. The molecule has 3 aromatic rings. The number of benzene rings is 2. The van der Waals surface area contributed by atoms with Crippen molar-refractivity contribution < 1.29 is 0 Å². The molecule has 0 unspecified atom stereocenters. The Bertz CT molecular complexity index is 926. The standard InChI is InChI=1S/C23H24ClN3/c1-18-11-13-26(14-12-18)16-21-17-27(15-19-5-3-2-4-6-19)25-23(21)20-7-9-22(24)10-8-20/h2-11,17H,12-16H2,1H3. The molecule has 1 aromatic heterocycles. The number of rotatable bonds is 5. The third-order valence-corrected chi connectivity index (χ3v) is 5.31. The lowest BCUT2D eigenvalue weighted by atomic mass is 10.1. The van der Waals surface area contributed by atoms with E-state index in [0.29, 0.717) is 0 Å². The number of hydrogen-bond donors (Lipinski definition) is 0.